The Morgan fingerprint density at radius 3 is 2.56 bits per heavy atom. The number of H-pyrrole nitrogens is 1. The smallest absolute Gasteiger partial charge is 0.197 e. The lowest BCUT2D eigenvalue weighted by atomic mass is 9.95. The van der Waals surface area contributed by atoms with E-state index in [1.165, 1.54) is 5.56 Å². The van der Waals surface area contributed by atoms with Crippen LogP contribution < -0.4 is 10.5 Å². The molecule has 0 atom stereocenters. The molecule has 3 N–H and O–H groups in total. The molecule has 0 radical (unpaired) electrons. The molecule has 4 nitrogen and oxygen atoms in total. The second-order valence-corrected chi connectivity index (χ2v) is 4.75. The van der Waals surface area contributed by atoms with Gasteiger partial charge < -0.3 is 15.5 Å². The van der Waals surface area contributed by atoms with E-state index >= 15 is 0 Å². The van der Waals surface area contributed by atoms with E-state index in [0.717, 1.165) is 22.6 Å². The van der Waals surface area contributed by atoms with Gasteiger partial charge in [-0.3, -0.25) is 0 Å². The average Bonchev–Trinajstić information content (AvgIpc) is 2.74. The molecule has 0 aliphatic rings. The van der Waals surface area contributed by atoms with E-state index in [0.29, 0.717) is 11.9 Å². The van der Waals surface area contributed by atoms with Crippen LogP contribution in [0.5, 0.6) is 5.75 Å². The number of methoxy groups -OCH3 is 1. The summed E-state index contributed by atoms with van der Waals surface area (Å²) in [6.45, 7) is 6.36. The number of anilines is 1. The molecule has 4 heteroatoms. The molecule has 2 rings (SSSR count). The molecule has 0 spiro atoms. The molecule has 0 saturated carbocycles. The van der Waals surface area contributed by atoms with Crippen LogP contribution in [0, 0.1) is 6.92 Å². The summed E-state index contributed by atoms with van der Waals surface area (Å²) >= 11 is 0. The van der Waals surface area contributed by atoms with Crippen molar-refractivity contribution in [2.75, 3.05) is 12.8 Å². The van der Waals surface area contributed by atoms with Crippen LogP contribution in [0.1, 0.15) is 30.9 Å². The number of nitrogen functional groups attached to an aromatic ring is 1. The van der Waals surface area contributed by atoms with Crippen LogP contribution in [-0.2, 0) is 0 Å². The van der Waals surface area contributed by atoms with Gasteiger partial charge in [0.05, 0.1) is 19.0 Å². The van der Waals surface area contributed by atoms with Crippen LogP contribution >= 0.6 is 0 Å². The number of nitrogens with zero attached hydrogens (tertiary/aromatic N) is 1. The van der Waals surface area contributed by atoms with Crippen LogP contribution in [0.3, 0.4) is 0 Å². The van der Waals surface area contributed by atoms with Crippen molar-refractivity contribution >= 4 is 5.95 Å². The van der Waals surface area contributed by atoms with E-state index in [1.54, 1.807) is 13.3 Å². The average molecular weight is 245 g/mol. The van der Waals surface area contributed by atoms with E-state index < -0.39 is 0 Å². The van der Waals surface area contributed by atoms with Gasteiger partial charge in [0.1, 0.15) is 5.75 Å². The third-order valence-corrected chi connectivity index (χ3v) is 3.08. The van der Waals surface area contributed by atoms with Crippen molar-refractivity contribution in [2.45, 2.75) is 26.7 Å². The minimum absolute atomic E-state index is 0.402. The first-order valence-electron chi connectivity index (χ1n) is 6.02. The molecular weight excluding hydrogens is 226 g/mol. The summed E-state index contributed by atoms with van der Waals surface area (Å²) in [6, 6.07) is 4.20. The van der Waals surface area contributed by atoms with E-state index in [-0.39, 0.29) is 0 Å². The number of hydrogen-bond acceptors (Lipinski definition) is 3. The number of aromatic amines is 1. The first-order valence-corrected chi connectivity index (χ1v) is 6.02. The molecule has 18 heavy (non-hydrogen) atoms. The van der Waals surface area contributed by atoms with E-state index in [9.17, 15) is 0 Å². The van der Waals surface area contributed by atoms with Crippen molar-refractivity contribution in [1.82, 2.24) is 9.97 Å². The van der Waals surface area contributed by atoms with Crippen molar-refractivity contribution in [3.05, 3.63) is 29.5 Å². The molecule has 0 aliphatic carbocycles. The van der Waals surface area contributed by atoms with Crippen molar-refractivity contribution < 1.29 is 4.74 Å². The standard InChI is InChI=1S/C14H19N3O/c1-8(2)10-6-11(9(3)5-13(10)18-4)12-7-16-14(15)17-12/h5-8H,1-4H3,(H3,15,16,17). The molecular formula is C14H19N3O. The molecule has 0 fully saturated rings. The Morgan fingerprint density at radius 2 is 2.06 bits per heavy atom. The number of nitrogens with two attached hydrogens (primary N) is 1. The molecule has 0 amide bonds. The van der Waals surface area contributed by atoms with Crippen molar-refractivity contribution in [3.63, 3.8) is 0 Å². The number of aromatic nitrogens is 2. The minimum Gasteiger partial charge on any atom is -0.496 e. The minimum atomic E-state index is 0.402. The van der Waals surface area contributed by atoms with Gasteiger partial charge in [0.25, 0.3) is 0 Å². The zero-order chi connectivity index (χ0) is 13.3. The predicted molar refractivity (Wildman–Crippen MR) is 73.8 cm³/mol. The summed E-state index contributed by atoms with van der Waals surface area (Å²) in [5.41, 5.74) is 10.0. The lowest BCUT2D eigenvalue weighted by Crippen LogP contribution is -1.97. The van der Waals surface area contributed by atoms with Crippen LogP contribution in [0.25, 0.3) is 11.3 Å². The van der Waals surface area contributed by atoms with Crippen molar-refractivity contribution in [3.8, 4) is 17.0 Å². The summed E-state index contributed by atoms with van der Waals surface area (Å²) < 4.78 is 5.43. The normalized spacial score (nSPS) is 10.9. The first kappa shape index (κ1) is 12.5. The Hall–Kier alpha value is -1.97. The lowest BCUT2D eigenvalue weighted by molar-refractivity contribution is 0.407. The van der Waals surface area contributed by atoms with Gasteiger partial charge in [0, 0.05) is 5.56 Å². The highest BCUT2D eigenvalue weighted by atomic mass is 16.5. The van der Waals surface area contributed by atoms with Crippen LogP contribution in [0.4, 0.5) is 5.95 Å². The Morgan fingerprint density at radius 1 is 1.33 bits per heavy atom. The number of hydrogen-bond donors (Lipinski definition) is 2. The number of rotatable bonds is 3. The van der Waals surface area contributed by atoms with Gasteiger partial charge in [-0.05, 0) is 36.1 Å². The third kappa shape index (κ3) is 2.18. The molecule has 1 heterocycles. The lowest BCUT2D eigenvalue weighted by Gasteiger charge is -2.15. The highest BCUT2D eigenvalue weighted by Gasteiger charge is 2.13. The summed E-state index contributed by atoms with van der Waals surface area (Å²) in [7, 11) is 1.70. The molecule has 0 bridgehead atoms. The van der Waals surface area contributed by atoms with Crippen LogP contribution in [0.2, 0.25) is 0 Å². The summed E-state index contributed by atoms with van der Waals surface area (Å²) in [6.07, 6.45) is 1.76. The third-order valence-electron chi connectivity index (χ3n) is 3.08. The number of ether oxygens (including phenoxy) is 1. The Bertz CT molecular complexity index is 558. The van der Waals surface area contributed by atoms with Crippen molar-refractivity contribution in [1.29, 1.82) is 0 Å². The fraction of sp³-hybridized carbons (Fsp3) is 0.357. The maximum Gasteiger partial charge on any atom is 0.197 e. The Balaban J connectivity index is 2.58. The zero-order valence-corrected chi connectivity index (χ0v) is 11.2. The summed E-state index contributed by atoms with van der Waals surface area (Å²) in [5, 5.41) is 0. The molecule has 0 saturated heterocycles. The van der Waals surface area contributed by atoms with Crippen LogP contribution in [-0.4, -0.2) is 17.1 Å². The van der Waals surface area contributed by atoms with E-state index in [4.69, 9.17) is 10.5 Å². The van der Waals surface area contributed by atoms with E-state index in [2.05, 4.69) is 42.9 Å². The highest BCUT2D eigenvalue weighted by Crippen LogP contribution is 2.33. The fourth-order valence-electron chi connectivity index (χ4n) is 2.09. The largest absolute Gasteiger partial charge is 0.496 e. The van der Waals surface area contributed by atoms with Gasteiger partial charge >= 0.3 is 0 Å². The van der Waals surface area contributed by atoms with Gasteiger partial charge in [-0.25, -0.2) is 4.98 Å². The molecule has 1 aromatic heterocycles. The van der Waals surface area contributed by atoms with Crippen molar-refractivity contribution in [2.24, 2.45) is 0 Å². The topological polar surface area (TPSA) is 63.9 Å². The number of benzene rings is 1. The van der Waals surface area contributed by atoms with Gasteiger partial charge in [-0.1, -0.05) is 13.8 Å². The predicted octanol–water partition coefficient (Wildman–Crippen LogP) is 3.10. The maximum absolute atomic E-state index is 5.63. The molecule has 2 aromatic rings. The SMILES string of the molecule is COc1cc(C)c(-c2cnc(N)[nH]2)cc1C(C)C. The van der Waals surface area contributed by atoms with Gasteiger partial charge in [0.15, 0.2) is 5.95 Å². The van der Waals surface area contributed by atoms with Gasteiger partial charge in [-0.15, -0.1) is 0 Å². The Labute approximate surface area is 107 Å². The molecule has 1 aromatic carbocycles. The number of aryl methyl sites for hydroxylation is 1. The molecule has 0 unspecified atom stereocenters. The quantitative estimate of drug-likeness (QED) is 0.873. The summed E-state index contributed by atoms with van der Waals surface area (Å²) in [4.78, 5) is 7.10. The fourth-order valence-corrected chi connectivity index (χ4v) is 2.09. The number of nitrogens with one attached hydrogen (secondary N) is 1. The molecule has 96 valence electrons. The van der Waals surface area contributed by atoms with Gasteiger partial charge in [0.2, 0.25) is 0 Å². The summed E-state index contributed by atoms with van der Waals surface area (Å²) in [5.74, 6) is 1.77. The Kier molecular flexibility index (Phi) is 3.28. The zero-order valence-electron chi connectivity index (χ0n) is 11.2. The number of imidazole rings is 1. The second-order valence-electron chi connectivity index (χ2n) is 4.75. The van der Waals surface area contributed by atoms with Crippen LogP contribution in [0.15, 0.2) is 18.3 Å². The highest BCUT2D eigenvalue weighted by molar-refractivity contribution is 5.67. The first-order chi connectivity index (χ1) is 8.52. The molecule has 0 aliphatic heterocycles. The monoisotopic (exact) mass is 245 g/mol. The van der Waals surface area contributed by atoms with E-state index in [1.807, 2.05) is 0 Å². The maximum atomic E-state index is 5.63. The second kappa shape index (κ2) is 4.72. The van der Waals surface area contributed by atoms with Gasteiger partial charge in [-0.2, -0.15) is 0 Å².